The topological polar surface area (TPSA) is 51.6 Å². The Balaban J connectivity index is 1.34. The van der Waals surface area contributed by atoms with E-state index in [1.807, 2.05) is 42.6 Å². The average Bonchev–Trinajstić information content (AvgIpc) is 3.04. The third kappa shape index (κ3) is 3.98. The van der Waals surface area contributed by atoms with E-state index in [2.05, 4.69) is 59.6 Å². The molecule has 2 aromatic heterocycles. The van der Waals surface area contributed by atoms with Crippen LogP contribution >= 0.6 is 0 Å². The molecule has 0 fully saturated rings. The molecule has 0 saturated heterocycles. The molecule has 4 nitrogen and oxygen atoms in total. The van der Waals surface area contributed by atoms with Gasteiger partial charge in [0.2, 0.25) is 0 Å². The standard InChI is InChI=1S/C36H21FN4/c37-29-16-12-27(13-17-29)35-39-34(26-10-6-22(7-11-26)28-5-2-20-38-21-28)40-36(41-35)31-19-15-25-9-8-23-3-1-4-24-14-18-30(31)33(25)32(23)24/h1-21H. The molecule has 0 atom stereocenters. The largest absolute Gasteiger partial charge is 0.264 e. The van der Waals surface area contributed by atoms with Crippen molar-refractivity contribution in [3.63, 3.8) is 0 Å². The summed E-state index contributed by atoms with van der Waals surface area (Å²) in [4.78, 5) is 19.0. The molecule has 0 unspecified atom stereocenters. The zero-order chi connectivity index (χ0) is 27.3. The highest BCUT2D eigenvalue weighted by atomic mass is 19.1. The van der Waals surface area contributed by atoms with Crippen LogP contribution in [0.3, 0.4) is 0 Å². The van der Waals surface area contributed by atoms with Crippen LogP contribution in [0.1, 0.15) is 0 Å². The molecule has 0 bridgehead atoms. The van der Waals surface area contributed by atoms with E-state index in [-0.39, 0.29) is 5.82 Å². The van der Waals surface area contributed by atoms with Crippen LogP contribution in [0.5, 0.6) is 0 Å². The molecule has 2 heterocycles. The molecule has 6 aromatic carbocycles. The lowest BCUT2D eigenvalue weighted by Gasteiger charge is -2.14. The van der Waals surface area contributed by atoms with Gasteiger partial charge in [-0.2, -0.15) is 0 Å². The Labute approximate surface area is 235 Å². The van der Waals surface area contributed by atoms with Gasteiger partial charge >= 0.3 is 0 Å². The van der Waals surface area contributed by atoms with Gasteiger partial charge in [-0.15, -0.1) is 0 Å². The summed E-state index contributed by atoms with van der Waals surface area (Å²) in [5.74, 6) is 1.31. The fraction of sp³-hybridized carbons (Fsp3) is 0. The second-order valence-corrected chi connectivity index (χ2v) is 10.1. The van der Waals surface area contributed by atoms with Gasteiger partial charge in [-0.1, -0.05) is 78.9 Å². The van der Waals surface area contributed by atoms with Crippen LogP contribution in [-0.2, 0) is 0 Å². The van der Waals surface area contributed by atoms with Crippen molar-refractivity contribution < 1.29 is 4.39 Å². The lowest BCUT2D eigenvalue weighted by atomic mass is 9.92. The Morgan fingerprint density at radius 2 is 1.02 bits per heavy atom. The van der Waals surface area contributed by atoms with Gasteiger partial charge in [0.1, 0.15) is 5.82 Å². The molecule has 0 N–H and O–H groups in total. The van der Waals surface area contributed by atoms with E-state index in [4.69, 9.17) is 15.0 Å². The molecule has 8 rings (SSSR count). The third-order valence-electron chi connectivity index (χ3n) is 7.65. The Kier molecular flexibility index (Phi) is 5.28. The molecule has 0 aliphatic carbocycles. The number of pyridine rings is 1. The first kappa shape index (κ1) is 23.3. The monoisotopic (exact) mass is 528 g/mol. The summed E-state index contributed by atoms with van der Waals surface area (Å²) >= 11 is 0. The van der Waals surface area contributed by atoms with Crippen molar-refractivity contribution in [3.05, 3.63) is 133 Å². The number of benzene rings is 6. The van der Waals surface area contributed by atoms with Gasteiger partial charge in [0, 0.05) is 29.1 Å². The maximum Gasteiger partial charge on any atom is 0.164 e. The lowest BCUT2D eigenvalue weighted by Crippen LogP contribution is -2.01. The van der Waals surface area contributed by atoms with Crippen LogP contribution in [0, 0.1) is 5.82 Å². The SMILES string of the molecule is Fc1ccc(-c2nc(-c3ccc(-c4cccnc4)cc3)nc(-c3ccc4ccc5cccc6ccc3c4c56)n2)cc1. The van der Waals surface area contributed by atoms with E-state index in [9.17, 15) is 4.39 Å². The normalized spacial score (nSPS) is 11.5. The highest BCUT2D eigenvalue weighted by Gasteiger charge is 2.17. The van der Waals surface area contributed by atoms with Gasteiger partial charge in [-0.3, -0.25) is 4.98 Å². The summed E-state index contributed by atoms with van der Waals surface area (Å²) in [6.45, 7) is 0. The van der Waals surface area contributed by atoms with Gasteiger partial charge in [-0.05, 0) is 79.8 Å². The van der Waals surface area contributed by atoms with Crippen LogP contribution in [-0.4, -0.2) is 19.9 Å². The van der Waals surface area contributed by atoms with Crippen LogP contribution in [0.25, 0.3) is 77.6 Å². The molecule has 0 saturated carbocycles. The summed E-state index contributed by atoms with van der Waals surface area (Å²) < 4.78 is 13.8. The van der Waals surface area contributed by atoms with Gasteiger partial charge in [0.05, 0.1) is 0 Å². The van der Waals surface area contributed by atoms with E-state index in [1.165, 1.54) is 39.1 Å². The number of halogens is 1. The first-order valence-corrected chi connectivity index (χ1v) is 13.4. The Hall–Kier alpha value is -5.55. The number of hydrogen-bond acceptors (Lipinski definition) is 4. The van der Waals surface area contributed by atoms with E-state index in [0.717, 1.165) is 33.2 Å². The van der Waals surface area contributed by atoms with E-state index < -0.39 is 0 Å². The minimum atomic E-state index is -0.305. The zero-order valence-electron chi connectivity index (χ0n) is 21.8. The molecule has 5 heteroatoms. The number of rotatable bonds is 4. The molecule has 8 aromatic rings. The molecule has 41 heavy (non-hydrogen) atoms. The van der Waals surface area contributed by atoms with Crippen LogP contribution in [0.4, 0.5) is 4.39 Å². The zero-order valence-corrected chi connectivity index (χ0v) is 21.8. The molecule has 0 amide bonds. The molecular weight excluding hydrogens is 507 g/mol. The first-order valence-electron chi connectivity index (χ1n) is 13.4. The van der Waals surface area contributed by atoms with Crippen molar-refractivity contribution in [2.45, 2.75) is 0 Å². The highest BCUT2D eigenvalue weighted by Crippen LogP contribution is 2.39. The Morgan fingerprint density at radius 1 is 0.439 bits per heavy atom. The summed E-state index contributed by atoms with van der Waals surface area (Å²) in [7, 11) is 0. The fourth-order valence-corrected chi connectivity index (χ4v) is 5.63. The van der Waals surface area contributed by atoms with E-state index >= 15 is 0 Å². The predicted molar refractivity (Wildman–Crippen MR) is 163 cm³/mol. The minimum Gasteiger partial charge on any atom is -0.264 e. The number of aromatic nitrogens is 4. The second-order valence-electron chi connectivity index (χ2n) is 10.1. The Bertz CT molecular complexity index is 2180. The molecule has 0 aliphatic heterocycles. The molecule has 0 aliphatic rings. The maximum absolute atomic E-state index is 13.8. The third-order valence-corrected chi connectivity index (χ3v) is 7.65. The van der Waals surface area contributed by atoms with Crippen molar-refractivity contribution in [2.24, 2.45) is 0 Å². The highest BCUT2D eigenvalue weighted by molar-refractivity contribution is 6.25. The van der Waals surface area contributed by atoms with Gasteiger partial charge in [-0.25, -0.2) is 19.3 Å². The van der Waals surface area contributed by atoms with Crippen molar-refractivity contribution in [3.8, 4) is 45.3 Å². The molecule has 192 valence electrons. The fourth-order valence-electron chi connectivity index (χ4n) is 5.63. The van der Waals surface area contributed by atoms with Crippen molar-refractivity contribution in [2.75, 3.05) is 0 Å². The van der Waals surface area contributed by atoms with E-state index in [1.54, 1.807) is 18.3 Å². The predicted octanol–water partition coefficient (Wildman–Crippen LogP) is 8.97. The van der Waals surface area contributed by atoms with Gasteiger partial charge in [0.25, 0.3) is 0 Å². The van der Waals surface area contributed by atoms with Crippen LogP contribution in [0.2, 0.25) is 0 Å². The number of nitrogens with zero attached hydrogens (tertiary/aromatic N) is 4. The van der Waals surface area contributed by atoms with Crippen molar-refractivity contribution in [1.82, 2.24) is 19.9 Å². The summed E-state index contributed by atoms with van der Waals surface area (Å²) in [6.07, 6.45) is 3.61. The lowest BCUT2D eigenvalue weighted by molar-refractivity contribution is 0.628. The number of hydrogen-bond donors (Lipinski definition) is 0. The molecule has 0 radical (unpaired) electrons. The van der Waals surface area contributed by atoms with Gasteiger partial charge < -0.3 is 0 Å². The Morgan fingerprint density at radius 3 is 1.71 bits per heavy atom. The average molecular weight is 529 g/mol. The van der Waals surface area contributed by atoms with Gasteiger partial charge in [0.15, 0.2) is 17.5 Å². The second kappa shape index (κ2) is 9.28. The quantitative estimate of drug-likeness (QED) is 0.214. The van der Waals surface area contributed by atoms with Crippen LogP contribution < -0.4 is 0 Å². The summed E-state index contributed by atoms with van der Waals surface area (Å²) in [5, 5.41) is 7.10. The summed E-state index contributed by atoms with van der Waals surface area (Å²) in [6, 6.07) is 37.6. The maximum atomic E-state index is 13.8. The van der Waals surface area contributed by atoms with Crippen molar-refractivity contribution >= 4 is 32.3 Å². The van der Waals surface area contributed by atoms with Crippen LogP contribution in [0.15, 0.2) is 128 Å². The van der Waals surface area contributed by atoms with Crippen molar-refractivity contribution in [1.29, 1.82) is 0 Å². The molecule has 0 spiro atoms. The smallest absolute Gasteiger partial charge is 0.164 e. The summed E-state index contributed by atoms with van der Waals surface area (Å²) in [5.41, 5.74) is 4.61. The minimum absolute atomic E-state index is 0.305. The molecular formula is C36H21FN4. The first-order chi connectivity index (χ1) is 20.2. The van der Waals surface area contributed by atoms with E-state index in [0.29, 0.717) is 17.5 Å².